The Kier molecular flexibility index (Phi) is 9.03. The molecule has 0 radical (unpaired) electrons. The Morgan fingerprint density at radius 1 is 1.17 bits per heavy atom. The number of nitriles is 1. The summed E-state index contributed by atoms with van der Waals surface area (Å²) in [4.78, 5) is 18.2. The van der Waals surface area contributed by atoms with E-state index in [0.29, 0.717) is 17.1 Å². The lowest BCUT2D eigenvalue weighted by molar-refractivity contribution is 0.0975. The molecule has 0 bridgehead atoms. The second-order valence-electron chi connectivity index (χ2n) is 10.4. The molecule has 0 heterocycles. The SMILES string of the molecule is CCC1=CCC(c2ccc(F)cc2)CC(N=C(NC(=O)c2cccc(C#N)c2)NC(C)(C)C)C1CC. The normalized spacial score (nSPS) is 20.6. The molecule has 190 valence electrons. The van der Waals surface area contributed by atoms with Crippen LogP contribution in [0.4, 0.5) is 4.39 Å². The zero-order valence-corrected chi connectivity index (χ0v) is 21.9. The van der Waals surface area contributed by atoms with Crippen molar-refractivity contribution < 1.29 is 9.18 Å². The van der Waals surface area contributed by atoms with Gasteiger partial charge >= 0.3 is 0 Å². The summed E-state index contributed by atoms with van der Waals surface area (Å²) in [6, 6.07) is 15.4. The molecule has 0 spiro atoms. The van der Waals surface area contributed by atoms with Crippen LogP contribution in [0, 0.1) is 23.1 Å². The molecule has 0 fully saturated rings. The van der Waals surface area contributed by atoms with E-state index in [1.54, 1.807) is 24.3 Å². The van der Waals surface area contributed by atoms with E-state index in [1.807, 2.05) is 32.9 Å². The Balaban J connectivity index is 1.98. The zero-order valence-electron chi connectivity index (χ0n) is 21.9. The smallest absolute Gasteiger partial charge is 0.257 e. The van der Waals surface area contributed by atoms with Gasteiger partial charge in [0.25, 0.3) is 5.91 Å². The van der Waals surface area contributed by atoms with Crippen molar-refractivity contribution in [2.45, 2.75) is 77.8 Å². The molecule has 1 aliphatic rings. The number of guanidine groups is 1. The number of carbonyl (C=O) groups is 1. The number of nitrogens with zero attached hydrogens (tertiary/aromatic N) is 2. The van der Waals surface area contributed by atoms with Crippen molar-refractivity contribution in [1.82, 2.24) is 10.6 Å². The van der Waals surface area contributed by atoms with Gasteiger partial charge in [0.05, 0.1) is 17.7 Å². The number of carbonyl (C=O) groups excluding carboxylic acids is 1. The lowest BCUT2D eigenvalue weighted by Gasteiger charge is -2.29. The van der Waals surface area contributed by atoms with E-state index in [4.69, 9.17) is 4.99 Å². The minimum Gasteiger partial charge on any atom is -0.351 e. The van der Waals surface area contributed by atoms with E-state index in [9.17, 15) is 14.4 Å². The van der Waals surface area contributed by atoms with Crippen molar-refractivity contribution in [3.05, 3.63) is 82.7 Å². The fraction of sp³-hybridized carbons (Fsp3) is 0.433. The highest BCUT2D eigenvalue weighted by molar-refractivity contribution is 6.06. The van der Waals surface area contributed by atoms with Crippen LogP contribution in [0.5, 0.6) is 0 Å². The fourth-order valence-corrected chi connectivity index (χ4v) is 4.86. The van der Waals surface area contributed by atoms with Crippen LogP contribution in [-0.2, 0) is 0 Å². The number of halogens is 1. The van der Waals surface area contributed by atoms with Crippen molar-refractivity contribution >= 4 is 11.9 Å². The highest BCUT2D eigenvalue weighted by Gasteiger charge is 2.30. The number of aliphatic imine (C=N–C) groups is 1. The molecule has 0 saturated heterocycles. The second-order valence-corrected chi connectivity index (χ2v) is 10.4. The molecular weight excluding hydrogens is 451 g/mol. The van der Waals surface area contributed by atoms with Crippen LogP contribution >= 0.6 is 0 Å². The van der Waals surface area contributed by atoms with Gasteiger partial charge < -0.3 is 5.32 Å². The molecule has 5 nitrogen and oxygen atoms in total. The maximum atomic E-state index is 13.6. The van der Waals surface area contributed by atoms with Crippen LogP contribution in [0.2, 0.25) is 0 Å². The van der Waals surface area contributed by atoms with Gasteiger partial charge in [0, 0.05) is 17.0 Å². The minimum absolute atomic E-state index is 0.0608. The maximum absolute atomic E-state index is 13.6. The Hall–Kier alpha value is -3.46. The third kappa shape index (κ3) is 7.27. The predicted molar refractivity (Wildman–Crippen MR) is 143 cm³/mol. The fourth-order valence-electron chi connectivity index (χ4n) is 4.86. The first-order chi connectivity index (χ1) is 17.1. The highest BCUT2D eigenvalue weighted by Crippen LogP contribution is 2.38. The van der Waals surface area contributed by atoms with Gasteiger partial charge in [-0.05, 0) is 88.3 Å². The molecule has 0 aliphatic heterocycles. The van der Waals surface area contributed by atoms with Crippen molar-refractivity contribution in [1.29, 1.82) is 5.26 Å². The van der Waals surface area contributed by atoms with Gasteiger partial charge in [0.2, 0.25) is 0 Å². The summed E-state index contributed by atoms with van der Waals surface area (Å²) < 4.78 is 13.6. The van der Waals surface area contributed by atoms with E-state index in [2.05, 4.69) is 36.6 Å². The summed E-state index contributed by atoms with van der Waals surface area (Å²) in [6.45, 7) is 10.4. The van der Waals surface area contributed by atoms with Gasteiger partial charge in [-0.1, -0.05) is 43.7 Å². The zero-order chi connectivity index (χ0) is 26.3. The lowest BCUT2D eigenvalue weighted by Crippen LogP contribution is -2.50. The van der Waals surface area contributed by atoms with Crippen LogP contribution in [0.1, 0.15) is 87.7 Å². The van der Waals surface area contributed by atoms with Crippen molar-refractivity contribution in [3.63, 3.8) is 0 Å². The molecule has 6 heteroatoms. The number of benzene rings is 2. The molecule has 3 unspecified atom stereocenters. The molecule has 0 saturated carbocycles. The summed E-state index contributed by atoms with van der Waals surface area (Å²) in [5.74, 6) is 0.324. The van der Waals surface area contributed by atoms with Crippen LogP contribution in [0.25, 0.3) is 0 Å². The second kappa shape index (κ2) is 12.0. The van der Waals surface area contributed by atoms with Crippen LogP contribution < -0.4 is 10.6 Å². The molecule has 1 aliphatic carbocycles. The number of hydrogen-bond donors (Lipinski definition) is 2. The molecular formula is C30H37FN4O. The summed E-state index contributed by atoms with van der Waals surface area (Å²) in [6.07, 6.45) is 5.88. The number of allylic oxidation sites excluding steroid dienone is 1. The van der Waals surface area contributed by atoms with Crippen LogP contribution in [-0.4, -0.2) is 23.4 Å². The highest BCUT2D eigenvalue weighted by atomic mass is 19.1. The molecule has 1 amide bonds. The third-order valence-corrected chi connectivity index (χ3v) is 6.59. The Morgan fingerprint density at radius 2 is 1.89 bits per heavy atom. The Morgan fingerprint density at radius 3 is 2.50 bits per heavy atom. The first-order valence-corrected chi connectivity index (χ1v) is 12.7. The first kappa shape index (κ1) is 27.1. The number of nitrogens with one attached hydrogen (secondary N) is 2. The van der Waals surface area contributed by atoms with E-state index in [0.717, 1.165) is 31.2 Å². The van der Waals surface area contributed by atoms with Crippen LogP contribution in [0.15, 0.2) is 65.2 Å². The van der Waals surface area contributed by atoms with Gasteiger partial charge in [-0.25, -0.2) is 9.38 Å². The first-order valence-electron chi connectivity index (χ1n) is 12.7. The van der Waals surface area contributed by atoms with Crippen LogP contribution in [0.3, 0.4) is 0 Å². The number of rotatable bonds is 5. The van der Waals surface area contributed by atoms with E-state index in [1.165, 1.54) is 17.7 Å². The Bertz CT molecular complexity index is 1150. The quantitative estimate of drug-likeness (QED) is 0.287. The summed E-state index contributed by atoms with van der Waals surface area (Å²) in [7, 11) is 0. The molecule has 3 atom stereocenters. The van der Waals surface area contributed by atoms with Gasteiger partial charge in [-0.3, -0.25) is 10.1 Å². The van der Waals surface area contributed by atoms with E-state index >= 15 is 0 Å². The predicted octanol–water partition coefficient (Wildman–Crippen LogP) is 6.48. The van der Waals surface area contributed by atoms with Crippen molar-refractivity contribution in [3.8, 4) is 6.07 Å². The van der Waals surface area contributed by atoms with Gasteiger partial charge in [0.15, 0.2) is 5.96 Å². The van der Waals surface area contributed by atoms with Crippen molar-refractivity contribution in [2.24, 2.45) is 10.9 Å². The average Bonchev–Trinajstić information content (AvgIpc) is 3.02. The molecule has 36 heavy (non-hydrogen) atoms. The van der Waals surface area contributed by atoms with Gasteiger partial charge in [-0.2, -0.15) is 5.26 Å². The van der Waals surface area contributed by atoms with Crippen molar-refractivity contribution in [2.75, 3.05) is 0 Å². The minimum atomic E-state index is -0.327. The Labute approximate surface area is 214 Å². The monoisotopic (exact) mass is 488 g/mol. The third-order valence-electron chi connectivity index (χ3n) is 6.59. The number of amides is 1. The molecule has 0 aromatic heterocycles. The summed E-state index contributed by atoms with van der Waals surface area (Å²) in [5.41, 5.74) is 2.98. The molecule has 2 aromatic carbocycles. The standard InChI is InChI=1S/C30H37FN4O/c1-6-21-11-12-23(22-13-15-25(31)16-14-22)18-27(26(21)7-2)33-29(35-30(3,4)5)34-28(36)24-10-8-9-20(17-24)19-32/h8-11,13-17,23,26-27H,6-7,12,18H2,1-5H3,(H2,33,34,35,36). The summed E-state index contributed by atoms with van der Waals surface area (Å²) >= 11 is 0. The number of hydrogen-bond acceptors (Lipinski definition) is 3. The molecule has 2 aromatic rings. The van der Waals surface area contributed by atoms with Gasteiger partial charge in [-0.15, -0.1) is 0 Å². The van der Waals surface area contributed by atoms with E-state index < -0.39 is 0 Å². The largest absolute Gasteiger partial charge is 0.351 e. The average molecular weight is 489 g/mol. The van der Waals surface area contributed by atoms with Gasteiger partial charge in [0.1, 0.15) is 5.82 Å². The summed E-state index contributed by atoms with van der Waals surface area (Å²) in [5, 5.41) is 15.6. The topological polar surface area (TPSA) is 77.3 Å². The molecule has 2 N–H and O–H groups in total. The lowest BCUT2D eigenvalue weighted by atomic mass is 9.84. The maximum Gasteiger partial charge on any atom is 0.257 e. The van der Waals surface area contributed by atoms with E-state index in [-0.39, 0.29) is 35.1 Å². The molecule has 3 rings (SSSR count).